The van der Waals surface area contributed by atoms with Crippen LogP contribution < -0.4 is 11.1 Å². The number of nitrogens with two attached hydrogens (primary N) is 1. The molecule has 0 aromatic heterocycles. The second-order valence-corrected chi connectivity index (χ2v) is 4.51. The van der Waals surface area contributed by atoms with Gasteiger partial charge in [0.15, 0.2) is 0 Å². The number of hydrogen-bond acceptors (Lipinski definition) is 4. The van der Waals surface area contributed by atoms with Crippen LogP contribution in [0.1, 0.15) is 5.56 Å². The maximum absolute atomic E-state index is 12.2. The minimum Gasteiger partial charge on any atom is -0.508 e. The number of rotatable bonds is 3. The number of carbonyl (C=O) groups excluding carboxylic acids is 2. The number of carbonyl (C=O) groups is 2. The Hall–Kier alpha value is -2.08. The van der Waals surface area contributed by atoms with Gasteiger partial charge in [0.05, 0.1) is 6.42 Å². The molecule has 6 heteroatoms. The SMILES string of the molecule is NC(=O)C1CNCCN1C(=O)Cc1ccccc1O. The van der Waals surface area contributed by atoms with Crippen LogP contribution in [0.2, 0.25) is 0 Å². The van der Waals surface area contributed by atoms with Crippen molar-refractivity contribution in [2.45, 2.75) is 12.5 Å². The monoisotopic (exact) mass is 263 g/mol. The summed E-state index contributed by atoms with van der Waals surface area (Å²) in [7, 11) is 0. The smallest absolute Gasteiger partial charge is 0.241 e. The van der Waals surface area contributed by atoms with E-state index in [4.69, 9.17) is 5.73 Å². The third-order valence-electron chi connectivity index (χ3n) is 3.23. The van der Waals surface area contributed by atoms with Crippen LogP contribution in [0.4, 0.5) is 0 Å². The molecule has 19 heavy (non-hydrogen) atoms. The standard InChI is InChI=1S/C13H17N3O3/c14-13(19)10-8-15-5-6-16(10)12(18)7-9-3-1-2-4-11(9)17/h1-4,10,15,17H,5-8H2,(H2,14,19). The van der Waals surface area contributed by atoms with Gasteiger partial charge in [-0.25, -0.2) is 0 Å². The predicted octanol–water partition coefficient (Wildman–Crippen LogP) is -0.780. The molecule has 2 rings (SSSR count). The normalized spacial score (nSPS) is 19.2. The summed E-state index contributed by atoms with van der Waals surface area (Å²) in [6.45, 7) is 1.46. The first-order valence-corrected chi connectivity index (χ1v) is 6.16. The molecule has 1 unspecified atom stereocenters. The topological polar surface area (TPSA) is 95.7 Å². The molecule has 1 aromatic rings. The minimum atomic E-state index is -0.618. The van der Waals surface area contributed by atoms with Crippen molar-refractivity contribution in [3.8, 4) is 5.75 Å². The summed E-state index contributed by atoms with van der Waals surface area (Å²) in [6.07, 6.45) is 0.0659. The number of aromatic hydroxyl groups is 1. The lowest BCUT2D eigenvalue weighted by Crippen LogP contribution is -2.59. The molecule has 0 saturated carbocycles. The van der Waals surface area contributed by atoms with Crippen molar-refractivity contribution in [3.63, 3.8) is 0 Å². The lowest BCUT2D eigenvalue weighted by molar-refractivity contribution is -0.139. The fraction of sp³-hybridized carbons (Fsp3) is 0.385. The Bertz CT molecular complexity index is 490. The molecule has 1 aliphatic rings. The molecule has 0 radical (unpaired) electrons. The molecule has 0 aliphatic carbocycles. The van der Waals surface area contributed by atoms with Crippen LogP contribution in [0.15, 0.2) is 24.3 Å². The van der Waals surface area contributed by atoms with E-state index in [2.05, 4.69) is 5.32 Å². The quantitative estimate of drug-likeness (QED) is 0.666. The molecule has 1 atom stereocenters. The van der Waals surface area contributed by atoms with Gasteiger partial charge in [-0.3, -0.25) is 9.59 Å². The van der Waals surface area contributed by atoms with E-state index in [1.165, 1.54) is 11.0 Å². The molecule has 0 bridgehead atoms. The van der Waals surface area contributed by atoms with Crippen LogP contribution in [0.3, 0.4) is 0 Å². The maximum atomic E-state index is 12.2. The molecule has 102 valence electrons. The van der Waals surface area contributed by atoms with Crippen molar-refractivity contribution >= 4 is 11.8 Å². The number of piperazine rings is 1. The van der Waals surface area contributed by atoms with Crippen molar-refractivity contribution in [1.29, 1.82) is 0 Å². The number of amides is 2. The Kier molecular flexibility index (Phi) is 4.01. The highest BCUT2D eigenvalue weighted by atomic mass is 16.3. The molecule has 1 fully saturated rings. The summed E-state index contributed by atoms with van der Waals surface area (Å²) in [5, 5.41) is 12.7. The van der Waals surface area contributed by atoms with Crippen LogP contribution in [0.5, 0.6) is 5.75 Å². The zero-order valence-corrected chi connectivity index (χ0v) is 10.5. The molecule has 1 aliphatic heterocycles. The number of benzene rings is 1. The van der Waals surface area contributed by atoms with Gasteiger partial charge in [0.25, 0.3) is 0 Å². The highest BCUT2D eigenvalue weighted by Crippen LogP contribution is 2.17. The van der Waals surface area contributed by atoms with E-state index in [1.54, 1.807) is 18.2 Å². The van der Waals surface area contributed by atoms with E-state index in [9.17, 15) is 14.7 Å². The first-order valence-electron chi connectivity index (χ1n) is 6.16. The second kappa shape index (κ2) is 5.71. The zero-order valence-electron chi connectivity index (χ0n) is 10.5. The molecular weight excluding hydrogens is 246 g/mol. The van der Waals surface area contributed by atoms with Crippen LogP contribution >= 0.6 is 0 Å². The summed E-state index contributed by atoms with van der Waals surface area (Å²) in [4.78, 5) is 25.0. The van der Waals surface area contributed by atoms with Gasteiger partial charge < -0.3 is 21.1 Å². The van der Waals surface area contributed by atoms with Crippen molar-refractivity contribution < 1.29 is 14.7 Å². The van der Waals surface area contributed by atoms with E-state index in [1.807, 2.05) is 0 Å². The molecule has 6 nitrogen and oxygen atoms in total. The van der Waals surface area contributed by atoms with Crippen LogP contribution in [0.25, 0.3) is 0 Å². The van der Waals surface area contributed by atoms with Gasteiger partial charge in [-0.1, -0.05) is 18.2 Å². The van der Waals surface area contributed by atoms with Crippen molar-refractivity contribution in [3.05, 3.63) is 29.8 Å². The number of phenolic OH excluding ortho intramolecular Hbond substituents is 1. The maximum Gasteiger partial charge on any atom is 0.241 e. The number of para-hydroxylation sites is 1. The predicted molar refractivity (Wildman–Crippen MR) is 69.4 cm³/mol. The zero-order chi connectivity index (χ0) is 13.8. The molecule has 0 spiro atoms. The van der Waals surface area contributed by atoms with Gasteiger partial charge in [0, 0.05) is 25.2 Å². The third kappa shape index (κ3) is 3.03. The van der Waals surface area contributed by atoms with Crippen molar-refractivity contribution in [2.24, 2.45) is 5.73 Å². The van der Waals surface area contributed by atoms with Crippen LogP contribution in [-0.4, -0.2) is 47.5 Å². The van der Waals surface area contributed by atoms with Gasteiger partial charge in [0.1, 0.15) is 11.8 Å². The Morgan fingerprint density at radius 1 is 1.42 bits per heavy atom. The van der Waals surface area contributed by atoms with Gasteiger partial charge in [-0.2, -0.15) is 0 Å². The first-order chi connectivity index (χ1) is 9.09. The Labute approximate surface area is 111 Å². The third-order valence-corrected chi connectivity index (χ3v) is 3.23. The molecular formula is C13H17N3O3. The number of phenols is 1. The fourth-order valence-electron chi connectivity index (χ4n) is 2.18. The van der Waals surface area contributed by atoms with E-state index < -0.39 is 11.9 Å². The lowest BCUT2D eigenvalue weighted by Gasteiger charge is -2.34. The minimum absolute atomic E-state index is 0.0659. The fourth-order valence-corrected chi connectivity index (χ4v) is 2.18. The van der Waals surface area contributed by atoms with Gasteiger partial charge >= 0.3 is 0 Å². The molecule has 2 amide bonds. The van der Waals surface area contributed by atoms with E-state index in [0.717, 1.165) is 0 Å². The summed E-state index contributed by atoms with van der Waals surface area (Å²) >= 11 is 0. The largest absolute Gasteiger partial charge is 0.508 e. The highest BCUT2D eigenvalue weighted by molar-refractivity contribution is 5.88. The van der Waals surface area contributed by atoms with Crippen LogP contribution in [-0.2, 0) is 16.0 Å². The Balaban J connectivity index is 2.10. The van der Waals surface area contributed by atoms with E-state index in [-0.39, 0.29) is 18.1 Å². The average molecular weight is 263 g/mol. The number of primary amides is 1. The summed E-state index contributed by atoms with van der Waals surface area (Å²) in [5.41, 5.74) is 5.85. The first kappa shape index (κ1) is 13.4. The van der Waals surface area contributed by atoms with Gasteiger partial charge in [-0.05, 0) is 6.07 Å². The molecule has 1 saturated heterocycles. The molecule has 1 aromatic carbocycles. The summed E-state index contributed by atoms with van der Waals surface area (Å²) in [6, 6.07) is 6.05. The Morgan fingerprint density at radius 3 is 2.84 bits per heavy atom. The number of nitrogens with zero attached hydrogens (tertiary/aromatic N) is 1. The second-order valence-electron chi connectivity index (χ2n) is 4.51. The van der Waals surface area contributed by atoms with E-state index in [0.29, 0.717) is 25.2 Å². The lowest BCUT2D eigenvalue weighted by atomic mass is 10.1. The molecule has 1 heterocycles. The summed E-state index contributed by atoms with van der Waals surface area (Å²) in [5.74, 6) is -0.633. The van der Waals surface area contributed by atoms with Gasteiger partial charge in [-0.15, -0.1) is 0 Å². The number of nitrogens with one attached hydrogen (secondary N) is 1. The van der Waals surface area contributed by atoms with E-state index >= 15 is 0 Å². The number of hydrogen-bond donors (Lipinski definition) is 3. The Morgan fingerprint density at radius 2 is 2.16 bits per heavy atom. The average Bonchev–Trinajstić information content (AvgIpc) is 2.41. The van der Waals surface area contributed by atoms with Gasteiger partial charge in [0.2, 0.25) is 11.8 Å². The molecule has 4 N–H and O–H groups in total. The highest BCUT2D eigenvalue weighted by Gasteiger charge is 2.30. The van der Waals surface area contributed by atoms with Crippen molar-refractivity contribution in [1.82, 2.24) is 10.2 Å². The van der Waals surface area contributed by atoms with Crippen LogP contribution in [0, 0.1) is 0 Å². The summed E-state index contributed by atoms with van der Waals surface area (Å²) < 4.78 is 0. The van der Waals surface area contributed by atoms with Crippen molar-refractivity contribution in [2.75, 3.05) is 19.6 Å².